The second kappa shape index (κ2) is 6.47. The summed E-state index contributed by atoms with van der Waals surface area (Å²) in [5, 5.41) is 2.86. The number of aryl methyl sites for hydroxylation is 2. The summed E-state index contributed by atoms with van der Waals surface area (Å²) in [6, 6.07) is 0.807. The SMILES string of the molecule is CS(=O)(=O)N[C@@H]1[C@@H](NC(=O)c2cc3c([nH]c2=O)CCCC3)[C@H]2CCO[C@H]21. The molecule has 2 fully saturated rings. The molecule has 3 aliphatic rings. The highest BCUT2D eigenvalue weighted by Gasteiger charge is 2.55. The molecule has 0 spiro atoms. The highest BCUT2D eigenvalue weighted by atomic mass is 32.2. The fraction of sp³-hybridized carbons (Fsp3) is 0.647. The van der Waals surface area contributed by atoms with Gasteiger partial charge in [0, 0.05) is 18.2 Å². The quantitative estimate of drug-likeness (QED) is 0.661. The smallest absolute Gasteiger partial charge is 0.261 e. The van der Waals surface area contributed by atoms with E-state index in [9.17, 15) is 18.0 Å². The number of aromatic nitrogens is 1. The molecular weight excluding hydrogens is 358 g/mol. The number of rotatable bonds is 4. The summed E-state index contributed by atoms with van der Waals surface area (Å²) in [5.41, 5.74) is 1.63. The second-order valence-electron chi connectivity index (χ2n) is 7.43. The first-order chi connectivity index (χ1) is 12.3. The average molecular weight is 381 g/mol. The molecule has 9 heteroatoms. The monoisotopic (exact) mass is 381 g/mol. The molecule has 1 amide bonds. The third-order valence-electron chi connectivity index (χ3n) is 5.62. The van der Waals surface area contributed by atoms with E-state index in [0.717, 1.165) is 49.6 Å². The van der Waals surface area contributed by atoms with E-state index >= 15 is 0 Å². The number of amides is 1. The zero-order chi connectivity index (χ0) is 18.5. The molecule has 4 atom stereocenters. The number of carbonyl (C=O) groups excluding carboxylic acids is 1. The molecule has 3 N–H and O–H groups in total. The summed E-state index contributed by atoms with van der Waals surface area (Å²) in [5.74, 6) is -0.398. The predicted octanol–water partition coefficient (Wildman–Crippen LogP) is -0.311. The molecule has 4 rings (SSSR count). The van der Waals surface area contributed by atoms with E-state index in [1.807, 2.05) is 0 Å². The maximum atomic E-state index is 12.7. The maximum Gasteiger partial charge on any atom is 0.261 e. The number of aromatic amines is 1. The summed E-state index contributed by atoms with van der Waals surface area (Å²) in [4.78, 5) is 27.8. The highest BCUT2D eigenvalue weighted by molar-refractivity contribution is 7.88. The fourth-order valence-corrected chi connectivity index (χ4v) is 5.14. The van der Waals surface area contributed by atoms with E-state index in [2.05, 4.69) is 15.0 Å². The average Bonchev–Trinajstić information content (AvgIpc) is 3.01. The number of ether oxygens (including phenoxy) is 1. The van der Waals surface area contributed by atoms with Crippen LogP contribution in [0, 0.1) is 5.92 Å². The van der Waals surface area contributed by atoms with Gasteiger partial charge in [0.2, 0.25) is 10.0 Å². The van der Waals surface area contributed by atoms with Gasteiger partial charge in [0.05, 0.1) is 24.4 Å². The van der Waals surface area contributed by atoms with Crippen LogP contribution in [0.2, 0.25) is 0 Å². The molecule has 1 saturated heterocycles. The van der Waals surface area contributed by atoms with Crippen molar-refractivity contribution in [1.29, 1.82) is 0 Å². The van der Waals surface area contributed by atoms with Crippen LogP contribution in [0.25, 0.3) is 0 Å². The van der Waals surface area contributed by atoms with Crippen molar-refractivity contribution in [2.75, 3.05) is 12.9 Å². The van der Waals surface area contributed by atoms with Gasteiger partial charge in [-0.3, -0.25) is 9.59 Å². The first kappa shape index (κ1) is 17.7. The molecular formula is C17H23N3O5S. The Morgan fingerprint density at radius 3 is 2.81 bits per heavy atom. The lowest BCUT2D eigenvalue weighted by atomic mass is 9.72. The van der Waals surface area contributed by atoms with Gasteiger partial charge in [0.25, 0.3) is 11.5 Å². The lowest BCUT2D eigenvalue weighted by Gasteiger charge is -2.47. The van der Waals surface area contributed by atoms with Gasteiger partial charge in [-0.25, -0.2) is 13.1 Å². The zero-order valence-electron chi connectivity index (χ0n) is 14.6. The van der Waals surface area contributed by atoms with Gasteiger partial charge in [0.1, 0.15) is 5.56 Å². The summed E-state index contributed by atoms with van der Waals surface area (Å²) < 4.78 is 31.3. The van der Waals surface area contributed by atoms with Gasteiger partial charge in [-0.05, 0) is 43.7 Å². The van der Waals surface area contributed by atoms with E-state index in [0.29, 0.717) is 6.61 Å². The van der Waals surface area contributed by atoms with Crippen LogP contribution in [0.1, 0.15) is 40.9 Å². The van der Waals surface area contributed by atoms with E-state index < -0.39 is 27.5 Å². The molecule has 2 heterocycles. The molecule has 0 unspecified atom stereocenters. The van der Waals surface area contributed by atoms with Crippen LogP contribution in [0.15, 0.2) is 10.9 Å². The molecule has 2 aliphatic carbocycles. The number of carbonyl (C=O) groups is 1. The fourth-order valence-electron chi connectivity index (χ4n) is 4.36. The van der Waals surface area contributed by atoms with Crippen molar-refractivity contribution in [2.45, 2.75) is 50.3 Å². The van der Waals surface area contributed by atoms with Crippen LogP contribution < -0.4 is 15.6 Å². The molecule has 1 aromatic rings. The van der Waals surface area contributed by atoms with Crippen molar-refractivity contribution in [2.24, 2.45) is 5.92 Å². The number of sulfonamides is 1. The lowest BCUT2D eigenvalue weighted by Crippen LogP contribution is -2.70. The Kier molecular flexibility index (Phi) is 4.40. The number of fused-ring (bicyclic) bond motifs is 2. The van der Waals surface area contributed by atoms with Crippen LogP contribution in [-0.4, -0.2) is 50.4 Å². The third kappa shape index (κ3) is 3.19. The van der Waals surface area contributed by atoms with Crippen molar-refractivity contribution in [3.05, 3.63) is 33.2 Å². The second-order valence-corrected chi connectivity index (χ2v) is 9.21. The molecule has 1 aliphatic heterocycles. The third-order valence-corrected chi connectivity index (χ3v) is 6.32. The minimum atomic E-state index is -3.43. The van der Waals surface area contributed by atoms with Gasteiger partial charge in [-0.1, -0.05) is 0 Å². The zero-order valence-corrected chi connectivity index (χ0v) is 15.4. The van der Waals surface area contributed by atoms with Crippen LogP contribution in [0.3, 0.4) is 0 Å². The van der Waals surface area contributed by atoms with Gasteiger partial charge >= 0.3 is 0 Å². The molecule has 1 saturated carbocycles. The molecule has 26 heavy (non-hydrogen) atoms. The molecule has 0 radical (unpaired) electrons. The van der Waals surface area contributed by atoms with Gasteiger partial charge in [0.15, 0.2) is 0 Å². The van der Waals surface area contributed by atoms with Gasteiger partial charge in [-0.15, -0.1) is 0 Å². The molecule has 0 aromatic carbocycles. The molecule has 142 valence electrons. The number of hydrogen-bond donors (Lipinski definition) is 3. The van der Waals surface area contributed by atoms with E-state index in [4.69, 9.17) is 4.74 Å². The first-order valence-corrected chi connectivity index (χ1v) is 10.9. The van der Waals surface area contributed by atoms with E-state index in [-0.39, 0.29) is 23.6 Å². The van der Waals surface area contributed by atoms with Crippen LogP contribution >= 0.6 is 0 Å². The van der Waals surface area contributed by atoms with Crippen molar-refractivity contribution in [3.8, 4) is 0 Å². The summed E-state index contributed by atoms with van der Waals surface area (Å²) in [6.45, 7) is 0.545. The van der Waals surface area contributed by atoms with Gasteiger partial charge < -0.3 is 15.0 Å². The summed E-state index contributed by atoms with van der Waals surface area (Å²) in [6.07, 6.45) is 5.39. The van der Waals surface area contributed by atoms with Crippen molar-refractivity contribution in [3.63, 3.8) is 0 Å². The van der Waals surface area contributed by atoms with Crippen LogP contribution in [0.5, 0.6) is 0 Å². The molecule has 0 bridgehead atoms. The van der Waals surface area contributed by atoms with Crippen molar-refractivity contribution < 1.29 is 17.9 Å². The van der Waals surface area contributed by atoms with E-state index in [1.165, 1.54) is 0 Å². The lowest BCUT2D eigenvalue weighted by molar-refractivity contribution is -0.0194. The Morgan fingerprint density at radius 1 is 1.27 bits per heavy atom. The largest absolute Gasteiger partial charge is 0.376 e. The summed E-state index contributed by atoms with van der Waals surface area (Å²) in [7, 11) is -3.43. The number of pyridine rings is 1. The Morgan fingerprint density at radius 2 is 2.04 bits per heavy atom. The number of hydrogen-bond acceptors (Lipinski definition) is 5. The van der Waals surface area contributed by atoms with E-state index in [1.54, 1.807) is 6.07 Å². The van der Waals surface area contributed by atoms with Crippen LogP contribution in [0.4, 0.5) is 0 Å². The van der Waals surface area contributed by atoms with Crippen molar-refractivity contribution in [1.82, 2.24) is 15.0 Å². The Balaban J connectivity index is 1.55. The Labute approximate surface area is 151 Å². The number of H-pyrrole nitrogens is 1. The minimum absolute atomic E-state index is 0.0647. The van der Waals surface area contributed by atoms with Crippen LogP contribution in [-0.2, 0) is 27.6 Å². The molecule has 8 nitrogen and oxygen atoms in total. The normalized spacial score (nSPS) is 30.2. The first-order valence-electron chi connectivity index (χ1n) is 8.98. The van der Waals surface area contributed by atoms with Gasteiger partial charge in [-0.2, -0.15) is 0 Å². The summed E-state index contributed by atoms with van der Waals surface area (Å²) >= 11 is 0. The number of nitrogens with one attached hydrogen (secondary N) is 3. The highest BCUT2D eigenvalue weighted by Crippen LogP contribution is 2.39. The predicted molar refractivity (Wildman–Crippen MR) is 94.6 cm³/mol. The Bertz CT molecular complexity index is 894. The maximum absolute atomic E-state index is 12.7. The topological polar surface area (TPSA) is 117 Å². The minimum Gasteiger partial charge on any atom is -0.376 e. The Hall–Kier alpha value is -1.71. The standard InChI is InChI=1S/C17H23N3O5S/c1-26(23,24)20-14-13(10-6-7-25-15(10)14)19-17(22)11-8-9-4-2-3-5-12(9)18-16(11)21/h8,10,13-15,20H,2-7H2,1H3,(H,18,21)(H,19,22)/t10-,13+,14-,15-/m1/s1. The van der Waals surface area contributed by atoms with Crippen molar-refractivity contribution >= 4 is 15.9 Å². The molecule has 1 aromatic heterocycles.